The normalized spacial score (nSPS) is 20.3. The molecule has 1 aliphatic heterocycles. The van der Waals surface area contributed by atoms with Crippen LogP contribution in [-0.2, 0) is 24.7 Å². The largest absolute Gasteiger partial charge is 1.00 e. The van der Waals surface area contributed by atoms with Crippen molar-refractivity contribution in [3.05, 3.63) is 65.3 Å². The number of hydrogen-bond donors (Lipinski definition) is 0. The zero-order chi connectivity index (χ0) is 15.1. The average molecular weight is 448 g/mol. The maximum atomic E-state index is 2.55. The molecule has 0 saturated carbocycles. The van der Waals surface area contributed by atoms with Gasteiger partial charge >= 0.3 is 148 Å². The van der Waals surface area contributed by atoms with Crippen LogP contribution in [0.2, 0.25) is 13.1 Å². The number of benzene rings is 2. The van der Waals surface area contributed by atoms with E-state index in [-0.39, 0.29) is 24.8 Å². The molecule has 5 rings (SSSR count). The van der Waals surface area contributed by atoms with Crippen molar-refractivity contribution in [1.82, 2.24) is 0 Å². The molecule has 0 N–H and O–H groups in total. The summed E-state index contributed by atoms with van der Waals surface area (Å²) in [5.74, 6) is 0. The van der Waals surface area contributed by atoms with Crippen LogP contribution in [0, 0.1) is 0 Å². The third-order valence-corrected chi connectivity index (χ3v) is 10.3. The van der Waals surface area contributed by atoms with E-state index in [0.29, 0.717) is 3.63 Å². The Morgan fingerprint density at radius 2 is 1.83 bits per heavy atom. The fourth-order valence-electron chi connectivity index (χ4n) is 4.33. The first-order chi connectivity index (χ1) is 10.6. The summed E-state index contributed by atoms with van der Waals surface area (Å²) in [6, 6.07) is 11.6. The van der Waals surface area contributed by atoms with Crippen LogP contribution in [0.4, 0.5) is 0 Å². The van der Waals surface area contributed by atoms with Crippen LogP contribution in [0.15, 0.2) is 48.6 Å². The molecule has 24 heavy (non-hydrogen) atoms. The first kappa shape index (κ1) is 18.4. The second-order valence-corrected chi connectivity index (χ2v) is 12.8. The molecular formula is C20H17Cl2SiZr. The minimum atomic E-state index is -1.26. The number of hydrogen-bond acceptors (Lipinski definition) is 0. The SMILES string of the molecule is C[Si]1(C)c2cc3c(c(C4=CC=CC4)c21)[CH]([Zr+2])c1ccccc1-3.[Cl-].[Cl-]. The molecule has 0 fully saturated rings. The quantitative estimate of drug-likeness (QED) is 0.435. The molecule has 0 spiro atoms. The molecule has 1 atom stereocenters. The summed E-state index contributed by atoms with van der Waals surface area (Å²) in [6.45, 7) is 5.03. The Morgan fingerprint density at radius 3 is 2.54 bits per heavy atom. The van der Waals surface area contributed by atoms with Gasteiger partial charge in [0.15, 0.2) is 0 Å². The van der Waals surface area contributed by atoms with E-state index in [0.717, 1.165) is 6.42 Å². The molecule has 0 aromatic heterocycles. The first-order valence-corrected chi connectivity index (χ1v) is 12.4. The number of fused-ring (bicyclic) bond motifs is 4. The van der Waals surface area contributed by atoms with E-state index in [1.54, 1.807) is 57.4 Å². The second-order valence-electron chi connectivity index (χ2n) is 7.10. The molecule has 0 radical (unpaired) electrons. The van der Waals surface area contributed by atoms with Crippen molar-refractivity contribution >= 4 is 24.0 Å². The van der Waals surface area contributed by atoms with Crippen molar-refractivity contribution in [1.29, 1.82) is 0 Å². The van der Waals surface area contributed by atoms with Crippen molar-refractivity contribution in [3.63, 3.8) is 0 Å². The molecule has 0 bridgehead atoms. The smallest absolute Gasteiger partial charge is 1.00 e. The predicted molar refractivity (Wildman–Crippen MR) is 92.2 cm³/mol. The number of allylic oxidation sites excluding steroid dienone is 4. The Morgan fingerprint density at radius 1 is 1.08 bits per heavy atom. The molecule has 119 valence electrons. The minimum Gasteiger partial charge on any atom is -1.00 e. The molecule has 0 saturated heterocycles. The maximum Gasteiger partial charge on any atom is -1.00 e. The Kier molecular flexibility index (Phi) is 4.67. The van der Waals surface area contributed by atoms with E-state index in [1.165, 1.54) is 11.1 Å². The van der Waals surface area contributed by atoms with Crippen molar-refractivity contribution in [2.75, 3.05) is 0 Å². The summed E-state index contributed by atoms with van der Waals surface area (Å²) in [5.41, 5.74) is 9.43. The molecular weight excluding hydrogens is 430 g/mol. The Hall–Kier alpha value is -0.400. The fourth-order valence-corrected chi connectivity index (χ4v) is 9.05. The van der Waals surface area contributed by atoms with Crippen LogP contribution in [0.3, 0.4) is 0 Å². The predicted octanol–water partition coefficient (Wildman–Crippen LogP) is -2.21. The molecule has 2 aromatic carbocycles. The summed E-state index contributed by atoms with van der Waals surface area (Å²) in [6.07, 6.45) is 8.01. The van der Waals surface area contributed by atoms with Gasteiger partial charge in [-0.1, -0.05) is 0 Å². The van der Waals surface area contributed by atoms with Crippen LogP contribution < -0.4 is 35.2 Å². The summed E-state index contributed by atoms with van der Waals surface area (Å²) in [4.78, 5) is 0. The van der Waals surface area contributed by atoms with Gasteiger partial charge in [0.1, 0.15) is 0 Å². The maximum absolute atomic E-state index is 2.55. The van der Waals surface area contributed by atoms with E-state index >= 15 is 0 Å². The van der Waals surface area contributed by atoms with Crippen LogP contribution in [0.1, 0.15) is 26.7 Å². The van der Waals surface area contributed by atoms with E-state index < -0.39 is 8.07 Å². The summed E-state index contributed by atoms with van der Waals surface area (Å²) < 4.78 is 0.616. The van der Waals surface area contributed by atoms with Crippen LogP contribution in [-0.4, -0.2) is 8.07 Å². The molecule has 2 aromatic rings. The molecule has 1 heterocycles. The van der Waals surface area contributed by atoms with Gasteiger partial charge in [0.05, 0.1) is 0 Å². The van der Waals surface area contributed by atoms with Gasteiger partial charge < -0.3 is 24.8 Å². The topological polar surface area (TPSA) is 0 Å². The third kappa shape index (κ3) is 2.27. The van der Waals surface area contributed by atoms with Crippen molar-refractivity contribution in [3.8, 4) is 11.1 Å². The fraction of sp³-hybridized carbons (Fsp3) is 0.200. The van der Waals surface area contributed by atoms with E-state index in [4.69, 9.17) is 0 Å². The van der Waals surface area contributed by atoms with Gasteiger partial charge in [-0.05, 0) is 0 Å². The van der Waals surface area contributed by atoms with E-state index in [9.17, 15) is 0 Å². The van der Waals surface area contributed by atoms with Crippen molar-refractivity contribution < 1.29 is 49.5 Å². The molecule has 2 aliphatic carbocycles. The van der Waals surface area contributed by atoms with E-state index in [2.05, 4.69) is 61.7 Å². The van der Waals surface area contributed by atoms with Gasteiger partial charge in [-0.2, -0.15) is 0 Å². The van der Waals surface area contributed by atoms with E-state index in [1.807, 2.05) is 0 Å². The second kappa shape index (κ2) is 6.09. The third-order valence-electron chi connectivity index (χ3n) is 5.55. The summed E-state index contributed by atoms with van der Waals surface area (Å²) in [5, 5.41) is 3.45. The van der Waals surface area contributed by atoms with Crippen LogP contribution in [0.25, 0.3) is 16.7 Å². The Balaban J connectivity index is 0.000000845. The molecule has 0 amide bonds. The average Bonchev–Trinajstić information content (AvgIpc) is 2.94. The molecule has 3 aliphatic rings. The molecule has 0 nitrogen and oxygen atoms in total. The molecule has 4 heteroatoms. The zero-order valence-corrected chi connectivity index (χ0v) is 18.6. The number of rotatable bonds is 1. The monoisotopic (exact) mass is 445 g/mol. The summed E-state index contributed by atoms with van der Waals surface area (Å²) >= 11 is 1.62. The van der Waals surface area contributed by atoms with Gasteiger partial charge in [-0.15, -0.1) is 0 Å². The van der Waals surface area contributed by atoms with Gasteiger partial charge in [0, 0.05) is 0 Å². The standard InChI is InChI=1S/C20H17Si.2ClH.Zr/c1-21(2)18-12-16-15-10-6-5-9-14(15)11-17(16)19(20(18)21)13-7-3-4-8-13;;;/h3-7,9-12H,8H2,1-2H3;2*1H;/q;;;+2/p-2. The number of halogens is 2. The minimum absolute atomic E-state index is 0. The summed E-state index contributed by atoms with van der Waals surface area (Å²) in [7, 11) is -1.26. The van der Waals surface area contributed by atoms with Gasteiger partial charge in [-0.3, -0.25) is 0 Å². The molecule has 1 unspecified atom stereocenters. The Bertz CT molecular complexity index is 912. The first-order valence-electron chi connectivity index (χ1n) is 7.99. The van der Waals surface area contributed by atoms with Gasteiger partial charge in [0.25, 0.3) is 0 Å². The van der Waals surface area contributed by atoms with Gasteiger partial charge in [0.2, 0.25) is 0 Å². The Labute approximate surface area is 172 Å². The van der Waals surface area contributed by atoms with Gasteiger partial charge in [-0.25, -0.2) is 0 Å². The van der Waals surface area contributed by atoms with Crippen LogP contribution in [0.5, 0.6) is 0 Å². The zero-order valence-electron chi connectivity index (χ0n) is 13.7. The van der Waals surface area contributed by atoms with Crippen LogP contribution >= 0.6 is 0 Å². The van der Waals surface area contributed by atoms with Crippen molar-refractivity contribution in [2.45, 2.75) is 23.1 Å². The van der Waals surface area contributed by atoms with Crippen molar-refractivity contribution in [2.24, 2.45) is 0 Å².